The predicted octanol–water partition coefficient (Wildman–Crippen LogP) is 2.73. The SMILES string of the molecule is CCCC(N)C(=O)Nc1nnc(CC2CCCCC2)s1. The highest BCUT2D eigenvalue weighted by molar-refractivity contribution is 7.15. The molecule has 0 aliphatic heterocycles. The molecule has 1 atom stereocenters. The molecule has 1 unspecified atom stereocenters. The van der Waals surface area contributed by atoms with Crippen molar-refractivity contribution in [2.45, 2.75) is 64.3 Å². The van der Waals surface area contributed by atoms with E-state index >= 15 is 0 Å². The van der Waals surface area contributed by atoms with Crippen molar-refractivity contribution in [2.24, 2.45) is 11.7 Å². The summed E-state index contributed by atoms with van der Waals surface area (Å²) in [4.78, 5) is 11.8. The van der Waals surface area contributed by atoms with Crippen LogP contribution in [0.5, 0.6) is 0 Å². The van der Waals surface area contributed by atoms with Gasteiger partial charge in [-0.3, -0.25) is 10.1 Å². The van der Waals surface area contributed by atoms with E-state index in [1.807, 2.05) is 6.92 Å². The van der Waals surface area contributed by atoms with Gasteiger partial charge in [0.15, 0.2) is 0 Å². The average Bonchev–Trinajstić information content (AvgIpc) is 2.87. The zero-order valence-corrected chi connectivity index (χ0v) is 12.9. The molecule has 2 rings (SSSR count). The van der Waals surface area contributed by atoms with Gasteiger partial charge in [0, 0.05) is 6.42 Å². The van der Waals surface area contributed by atoms with Crippen LogP contribution in [0.25, 0.3) is 0 Å². The molecule has 1 aromatic rings. The Morgan fingerprint density at radius 2 is 2.15 bits per heavy atom. The number of anilines is 1. The highest BCUT2D eigenvalue weighted by atomic mass is 32.1. The lowest BCUT2D eigenvalue weighted by Gasteiger charge is -2.19. The standard InChI is InChI=1S/C14H24N4OS/c1-2-6-11(15)13(19)16-14-18-17-12(20-14)9-10-7-4-3-5-8-10/h10-11H,2-9,15H2,1H3,(H,16,18,19). The summed E-state index contributed by atoms with van der Waals surface area (Å²) >= 11 is 1.48. The second-order valence-electron chi connectivity index (χ2n) is 5.59. The number of aromatic nitrogens is 2. The van der Waals surface area contributed by atoms with Gasteiger partial charge in [-0.1, -0.05) is 56.8 Å². The molecule has 20 heavy (non-hydrogen) atoms. The van der Waals surface area contributed by atoms with E-state index in [1.54, 1.807) is 0 Å². The van der Waals surface area contributed by atoms with Crippen LogP contribution in [0.15, 0.2) is 0 Å². The Kier molecular flexibility index (Phi) is 5.91. The van der Waals surface area contributed by atoms with E-state index in [-0.39, 0.29) is 5.91 Å². The smallest absolute Gasteiger partial charge is 0.243 e. The number of carbonyl (C=O) groups is 1. The summed E-state index contributed by atoms with van der Waals surface area (Å²) < 4.78 is 0. The largest absolute Gasteiger partial charge is 0.320 e. The zero-order chi connectivity index (χ0) is 14.4. The van der Waals surface area contributed by atoms with Crippen molar-refractivity contribution < 1.29 is 4.79 Å². The number of rotatable bonds is 6. The van der Waals surface area contributed by atoms with Crippen LogP contribution >= 0.6 is 11.3 Å². The van der Waals surface area contributed by atoms with E-state index in [0.717, 1.165) is 23.8 Å². The zero-order valence-electron chi connectivity index (χ0n) is 12.1. The van der Waals surface area contributed by atoms with Crippen LogP contribution in [0.4, 0.5) is 5.13 Å². The van der Waals surface area contributed by atoms with E-state index in [1.165, 1.54) is 43.4 Å². The van der Waals surface area contributed by atoms with Crippen molar-refractivity contribution in [2.75, 3.05) is 5.32 Å². The van der Waals surface area contributed by atoms with Crippen LogP contribution in [-0.4, -0.2) is 22.1 Å². The molecule has 112 valence electrons. The van der Waals surface area contributed by atoms with E-state index in [9.17, 15) is 4.79 Å². The summed E-state index contributed by atoms with van der Waals surface area (Å²) in [6.45, 7) is 2.01. The fourth-order valence-electron chi connectivity index (χ4n) is 2.67. The van der Waals surface area contributed by atoms with E-state index in [4.69, 9.17) is 5.73 Å². The van der Waals surface area contributed by atoms with Gasteiger partial charge in [-0.15, -0.1) is 10.2 Å². The highest BCUT2D eigenvalue weighted by Gasteiger charge is 2.18. The summed E-state index contributed by atoms with van der Waals surface area (Å²) in [6, 6.07) is -0.453. The minimum Gasteiger partial charge on any atom is -0.320 e. The van der Waals surface area contributed by atoms with Crippen LogP contribution in [0.2, 0.25) is 0 Å². The Balaban J connectivity index is 1.83. The van der Waals surface area contributed by atoms with Crippen molar-refractivity contribution in [3.05, 3.63) is 5.01 Å². The molecular formula is C14H24N4OS. The van der Waals surface area contributed by atoms with E-state index < -0.39 is 6.04 Å². The molecule has 5 nitrogen and oxygen atoms in total. The lowest BCUT2D eigenvalue weighted by molar-refractivity contribution is -0.117. The minimum atomic E-state index is -0.453. The lowest BCUT2D eigenvalue weighted by atomic mass is 9.87. The average molecular weight is 296 g/mol. The molecule has 1 aliphatic carbocycles. The Morgan fingerprint density at radius 3 is 2.85 bits per heavy atom. The molecule has 3 N–H and O–H groups in total. The maximum Gasteiger partial charge on any atom is 0.243 e. The molecule has 1 fully saturated rings. The van der Waals surface area contributed by atoms with Crippen LogP contribution in [0, 0.1) is 5.92 Å². The minimum absolute atomic E-state index is 0.160. The first-order chi connectivity index (χ1) is 9.69. The second kappa shape index (κ2) is 7.69. The number of carbonyl (C=O) groups excluding carboxylic acids is 1. The van der Waals surface area contributed by atoms with Crippen LogP contribution in [0.3, 0.4) is 0 Å². The van der Waals surface area contributed by atoms with Gasteiger partial charge in [0.2, 0.25) is 11.0 Å². The van der Waals surface area contributed by atoms with Crippen LogP contribution < -0.4 is 11.1 Å². The van der Waals surface area contributed by atoms with Crippen molar-refractivity contribution in [3.63, 3.8) is 0 Å². The fourth-order valence-corrected chi connectivity index (χ4v) is 3.52. The Morgan fingerprint density at radius 1 is 1.40 bits per heavy atom. The van der Waals surface area contributed by atoms with Gasteiger partial charge in [-0.05, 0) is 12.3 Å². The topological polar surface area (TPSA) is 80.9 Å². The van der Waals surface area contributed by atoms with E-state index in [0.29, 0.717) is 11.6 Å². The monoisotopic (exact) mass is 296 g/mol. The van der Waals surface area contributed by atoms with Gasteiger partial charge in [0.1, 0.15) is 5.01 Å². The summed E-state index contributed by atoms with van der Waals surface area (Å²) in [5.74, 6) is 0.579. The number of hydrogen-bond acceptors (Lipinski definition) is 5. The maximum absolute atomic E-state index is 11.8. The first-order valence-corrected chi connectivity index (χ1v) is 8.39. The summed E-state index contributed by atoms with van der Waals surface area (Å²) in [5.41, 5.74) is 5.78. The highest BCUT2D eigenvalue weighted by Crippen LogP contribution is 2.28. The lowest BCUT2D eigenvalue weighted by Crippen LogP contribution is -2.35. The quantitative estimate of drug-likeness (QED) is 0.845. The second-order valence-corrected chi connectivity index (χ2v) is 6.66. The molecule has 1 heterocycles. The third kappa shape index (κ3) is 4.52. The number of amides is 1. The first kappa shape index (κ1) is 15.4. The molecule has 1 saturated carbocycles. The summed E-state index contributed by atoms with van der Waals surface area (Å²) in [5, 5.41) is 12.6. The molecule has 0 saturated heterocycles. The Hall–Kier alpha value is -1.01. The first-order valence-electron chi connectivity index (χ1n) is 7.58. The van der Waals surface area contributed by atoms with Gasteiger partial charge < -0.3 is 5.73 Å². The van der Waals surface area contributed by atoms with Crippen LogP contribution in [0.1, 0.15) is 56.9 Å². The van der Waals surface area contributed by atoms with Gasteiger partial charge in [0.25, 0.3) is 0 Å². The number of hydrogen-bond donors (Lipinski definition) is 2. The molecule has 0 radical (unpaired) electrons. The molecule has 0 spiro atoms. The molecule has 1 aromatic heterocycles. The number of nitrogens with zero attached hydrogens (tertiary/aromatic N) is 2. The molecule has 1 amide bonds. The van der Waals surface area contributed by atoms with Gasteiger partial charge in [-0.25, -0.2) is 0 Å². The fraction of sp³-hybridized carbons (Fsp3) is 0.786. The van der Waals surface area contributed by atoms with Gasteiger partial charge in [0.05, 0.1) is 6.04 Å². The molecule has 1 aliphatic rings. The normalized spacial score (nSPS) is 17.9. The van der Waals surface area contributed by atoms with Crippen LogP contribution in [-0.2, 0) is 11.2 Å². The predicted molar refractivity (Wildman–Crippen MR) is 81.7 cm³/mol. The maximum atomic E-state index is 11.8. The van der Waals surface area contributed by atoms with Crippen molar-refractivity contribution in [3.8, 4) is 0 Å². The number of nitrogens with two attached hydrogens (primary N) is 1. The molecular weight excluding hydrogens is 272 g/mol. The third-order valence-electron chi connectivity index (χ3n) is 3.82. The Labute approximate surface area is 124 Å². The number of nitrogens with one attached hydrogen (secondary N) is 1. The molecule has 0 bridgehead atoms. The summed E-state index contributed by atoms with van der Waals surface area (Å²) in [7, 11) is 0. The molecule has 6 heteroatoms. The molecule has 0 aromatic carbocycles. The van der Waals surface area contributed by atoms with Gasteiger partial charge >= 0.3 is 0 Å². The van der Waals surface area contributed by atoms with Gasteiger partial charge in [-0.2, -0.15) is 0 Å². The van der Waals surface area contributed by atoms with Crippen molar-refractivity contribution in [1.82, 2.24) is 10.2 Å². The van der Waals surface area contributed by atoms with E-state index in [2.05, 4.69) is 15.5 Å². The summed E-state index contributed by atoms with van der Waals surface area (Å²) in [6.07, 6.45) is 9.21. The third-order valence-corrected chi connectivity index (χ3v) is 4.68. The van der Waals surface area contributed by atoms with Crippen molar-refractivity contribution >= 4 is 22.4 Å². The Bertz CT molecular complexity index is 429. The van der Waals surface area contributed by atoms with Crippen molar-refractivity contribution in [1.29, 1.82) is 0 Å².